The molecule has 0 aromatic heterocycles. The number of allylic oxidation sites excluding steroid dienone is 2. The molecule has 0 amide bonds. The van der Waals surface area contributed by atoms with Crippen molar-refractivity contribution in [3.8, 4) is 0 Å². The summed E-state index contributed by atoms with van der Waals surface area (Å²) in [5, 5.41) is 0. The van der Waals surface area contributed by atoms with Gasteiger partial charge >= 0.3 is 11.9 Å². The van der Waals surface area contributed by atoms with Gasteiger partial charge in [0.1, 0.15) is 0 Å². The van der Waals surface area contributed by atoms with Crippen molar-refractivity contribution in [2.75, 3.05) is 6.79 Å². The highest BCUT2D eigenvalue weighted by molar-refractivity contribution is 5.71. The van der Waals surface area contributed by atoms with Gasteiger partial charge in [0.25, 0.3) is 0 Å². The number of hydrogen-bond donors (Lipinski definition) is 0. The summed E-state index contributed by atoms with van der Waals surface area (Å²) in [7, 11) is 0. The summed E-state index contributed by atoms with van der Waals surface area (Å²) < 4.78 is 9.14. The average Bonchev–Trinajstić information content (AvgIpc) is 2.39. The Labute approximate surface area is 112 Å². The van der Waals surface area contributed by atoms with Crippen LogP contribution in [0.5, 0.6) is 0 Å². The molecule has 0 unspecified atom stereocenters. The molecule has 0 radical (unpaired) electrons. The van der Waals surface area contributed by atoms with E-state index in [1.165, 1.54) is 6.92 Å². The van der Waals surface area contributed by atoms with Crippen LogP contribution in [0.1, 0.15) is 18.9 Å². The van der Waals surface area contributed by atoms with Crippen LogP contribution >= 0.6 is 0 Å². The first-order valence-corrected chi connectivity index (χ1v) is 5.86. The molecule has 0 heterocycles. The summed E-state index contributed by atoms with van der Waals surface area (Å²) in [5.74, 6) is -0.917. The number of benzene rings is 1. The molecule has 0 aliphatic rings. The highest BCUT2D eigenvalue weighted by Gasteiger charge is 1.99. The Hall–Kier alpha value is -2.36. The van der Waals surface area contributed by atoms with Gasteiger partial charge < -0.3 is 9.47 Å². The van der Waals surface area contributed by atoms with E-state index in [1.807, 2.05) is 42.5 Å². The third-order valence-electron chi connectivity index (χ3n) is 2.10. The lowest BCUT2D eigenvalue weighted by atomic mass is 10.2. The summed E-state index contributed by atoms with van der Waals surface area (Å²) in [5.41, 5.74) is 1.09. The highest BCUT2D eigenvalue weighted by atomic mass is 16.7. The predicted octanol–water partition coefficient (Wildman–Crippen LogP) is 2.71. The lowest BCUT2D eigenvalue weighted by Gasteiger charge is -2.01. The first kappa shape index (κ1) is 14.7. The predicted molar refractivity (Wildman–Crippen MR) is 72.0 cm³/mol. The fraction of sp³-hybridized carbons (Fsp3) is 0.200. The van der Waals surface area contributed by atoms with Gasteiger partial charge in [0.05, 0.1) is 6.42 Å². The molecule has 0 bridgehead atoms. The average molecular weight is 260 g/mol. The molecule has 1 aromatic rings. The van der Waals surface area contributed by atoms with E-state index in [0.717, 1.165) is 5.56 Å². The third kappa shape index (κ3) is 7.54. The zero-order valence-electron chi connectivity index (χ0n) is 10.7. The molecule has 0 saturated heterocycles. The van der Waals surface area contributed by atoms with Crippen molar-refractivity contribution in [2.45, 2.75) is 13.3 Å². The van der Waals surface area contributed by atoms with Crippen molar-refractivity contribution in [1.82, 2.24) is 0 Å². The van der Waals surface area contributed by atoms with Crippen LogP contribution in [0.4, 0.5) is 0 Å². The molecular weight excluding hydrogens is 244 g/mol. The molecule has 1 rings (SSSR count). The van der Waals surface area contributed by atoms with Crippen molar-refractivity contribution in [3.63, 3.8) is 0 Å². The van der Waals surface area contributed by atoms with Crippen LogP contribution in [0, 0.1) is 0 Å². The number of hydrogen-bond acceptors (Lipinski definition) is 4. The second kappa shape index (κ2) is 8.69. The Morgan fingerprint density at radius 2 is 1.84 bits per heavy atom. The van der Waals surface area contributed by atoms with Gasteiger partial charge in [-0.05, 0) is 5.56 Å². The van der Waals surface area contributed by atoms with E-state index in [2.05, 4.69) is 9.47 Å². The molecule has 0 aliphatic heterocycles. The zero-order valence-corrected chi connectivity index (χ0v) is 10.7. The van der Waals surface area contributed by atoms with Crippen molar-refractivity contribution < 1.29 is 19.1 Å². The van der Waals surface area contributed by atoms with Crippen molar-refractivity contribution in [3.05, 3.63) is 54.1 Å². The lowest BCUT2D eigenvalue weighted by molar-refractivity contribution is -0.164. The smallest absolute Gasteiger partial charge is 0.312 e. The third-order valence-corrected chi connectivity index (χ3v) is 2.10. The normalized spacial score (nSPS) is 10.8. The van der Waals surface area contributed by atoms with E-state index in [4.69, 9.17) is 0 Å². The Bertz CT molecular complexity index is 460. The monoisotopic (exact) mass is 260 g/mol. The standard InChI is InChI=1S/C15H16O4/c1-13(16)18-12-19-15(17)11-7-3-6-10-14-8-4-2-5-9-14/h2-10H,11-12H2,1H3. The van der Waals surface area contributed by atoms with E-state index < -0.39 is 11.9 Å². The number of ether oxygens (including phenoxy) is 2. The van der Waals surface area contributed by atoms with E-state index in [9.17, 15) is 9.59 Å². The quantitative estimate of drug-likeness (QED) is 0.448. The Kier molecular flexibility index (Phi) is 6.72. The van der Waals surface area contributed by atoms with Crippen molar-refractivity contribution in [1.29, 1.82) is 0 Å². The molecule has 19 heavy (non-hydrogen) atoms. The molecule has 0 N–H and O–H groups in total. The maximum atomic E-state index is 11.2. The van der Waals surface area contributed by atoms with Gasteiger partial charge in [0.2, 0.25) is 6.79 Å². The summed E-state index contributed by atoms with van der Waals surface area (Å²) >= 11 is 0. The molecule has 4 heteroatoms. The molecular formula is C15H16O4. The van der Waals surface area contributed by atoms with Gasteiger partial charge in [-0.1, -0.05) is 54.6 Å². The van der Waals surface area contributed by atoms with Crippen molar-refractivity contribution in [2.24, 2.45) is 0 Å². The summed E-state index contributed by atoms with van der Waals surface area (Å²) in [6, 6.07) is 9.83. The Morgan fingerprint density at radius 3 is 2.53 bits per heavy atom. The van der Waals surface area contributed by atoms with Crippen molar-refractivity contribution >= 4 is 18.0 Å². The van der Waals surface area contributed by atoms with E-state index in [-0.39, 0.29) is 13.2 Å². The largest absolute Gasteiger partial charge is 0.428 e. The van der Waals surface area contributed by atoms with Crippen LogP contribution < -0.4 is 0 Å². The molecule has 0 spiro atoms. The summed E-state index contributed by atoms with van der Waals surface area (Å²) in [4.78, 5) is 21.6. The minimum absolute atomic E-state index is 0.139. The fourth-order valence-electron chi connectivity index (χ4n) is 1.21. The topological polar surface area (TPSA) is 52.6 Å². The number of carbonyl (C=O) groups is 2. The molecule has 100 valence electrons. The van der Waals surface area contributed by atoms with Gasteiger partial charge in [-0.15, -0.1) is 0 Å². The molecule has 0 fully saturated rings. The van der Waals surface area contributed by atoms with E-state index in [1.54, 1.807) is 12.2 Å². The molecule has 0 saturated carbocycles. The second-order valence-electron chi connectivity index (χ2n) is 3.67. The van der Waals surface area contributed by atoms with E-state index >= 15 is 0 Å². The van der Waals surface area contributed by atoms with Gasteiger partial charge in [-0.2, -0.15) is 0 Å². The van der Waals surface area contributed by atoms with Crippen LogP contribution in [0.2, 0.25) is 0 Å². The molecule has 1 aromatic carbocycles. The maximum Gasteiger partial charge on any atom is 0.312 e. The molecule has 0 aliphatic carbocycles. The Morgan fingerprint density at radius 1 is 1.11 bits per heavy atom. The first-order valence-electron chi connectivity index (χ1n) is 5.86. The summed E-state index contributed by atoms with van der Waals surface area (Å²) in [6.07, 6.45) is 7.35. The van der Waals surface area contributed by atoms with E-state index in [0.29, 0.717) is 0 Å². The van der Waals surface area contributed by atoms with Gasteiger partial charge in [0, 0.05) is 6.92 Å². The number of carbonyl (C=O) groups excluding carboxylic acids is 2. The SMILES string of the molecule is CC(=O)OCOC(=O)CC=CC=Cc1ccccc1. The van der Waals surface area contributed by atoms with Crippen LogP contribution in [0.15, 0.2) is 48.6 Å². The number of rotatable bonds is 6. The van der Waals surface area contributed by atoms with Crippen LogP contribution in [0.3, 0.4) is 0 Å². The van der Waals surface area contributed by atoms with Gasteiger partial charge in [-0.25, -0.2) is 0 Å². The maximum absolute atomic E-state index is 11.2. The highest BCUT2D eigenvalue weighted by Crippen LogP contribution is 2.01. The molecule has 4 nitrogen and oxygen atoms in total. The second-order valence-corrected chi connectivity index (χ2v) is 3.67. The van der Waals surface area contributed by atoms with Crippen LogP contribution in [-0.2, 0) is 19.1 Å². The van der Waals surface area contributed by atoms with Gasteiger partial charge in [-0.3, -0.25) is 9.59 Å². The Balaban J connectivity index is 2.21. The number of esters is 2. The minimum atomic E-state index is -0.478. The van der Waals surface area contributed by atoms with Gasteiger partial charge in [0.15, 0.2) is 0 Å². The van der Waals surface area contributed by atoms with Crippen LogP contribution in [-0.4, -0.2) is 18.7 Å². The van der Waals surface area contributed by atoms with Crippen LogP contribution in [0.25, 0.3) is 6.08 Å². The first-order chi connectivity index (χ1) is 9.18. The summed E-state index contributed by atoms with van der Waals surface area (Å²) in [6.45, 7) is 0.921. The molecule has 0 atom stereocenters. The fourth-order valence-corrected chi connectivity index (χ4v) is 1.21. The lowest BCUT2D eigenvalue weighted by Crippen LogP contribution is -2.09. The minimum Gasteiger partial charge on any atom is -0.428 e. The zero-order chi connectivity index (χ0) is 13.9.